The molecular formula is C42H28N6O. The molecule has 0 aliphatic rings. The molecule has 0 saturated heterocycles. The van der Waals surface area contributed by atoms with Crippen LogP contribution < -0.4 is 0 Å². The molecule has 4 heterocycles. The van der Waals surface area contributed by atoms with Crippen LogP contribution in [0.5, 0.6) is 0 Å². The minimum atomic E-state index is 0.535. The number of aromatic nitrogens is 6. The Kier molecular flexibility index (Phi) is 6.62. The fraction of sp³-hybridized carbons (Fsp3) is 0. The van der Waals surface area contributed by atoms with E-state index in [1.807, 2.05) is 84.9 Å². The van der Waals surface area contributed by atoms with E-state index in [0.717, 1.165) is 66.8 Å². The lowest BCUT2D eigenvalue weighted by Crippen LogP contribution is -2.02. The third-order valence-corrected chi connectivity index (χ3v) is 8.75. The van der Waals surface area contributed by atoms with Crippen molar-refractivity contribution in [2.24, 2.45) is 0 Å². The summed E-state index contributed by atoms with van der Waals surface area (Å²) in [6, 6.07) is 43.2. The van der Waals surface area contributed by atoms with Gasteiger partial charge < -0.3 is 4.42 Å². The first-order chi connectivity index (χ1) is 24.2. The smallest absolute Gasteiger partial charge is 0.248 e. The third kappa shape index (κ3) is 4.67. The van der Waals surface area contributed by atoms with Gasteiger partial charge in [-0.25, -0.2) is 15.0 Å². The van der Waals surface area contributed by atoms with Crippen LogP contribution >= 0.6 is 0 Å². The topological polar surface area (TPSA) is 74.0 Å². The van der Waals surface area contributed by atoms with Crippen molar-refractivity contribution < 1.29 is 4.42 Å². The second kappa shape index (κ2) is 11.4. The predicted molar refractivity (Wildman–Crippen MR) is 197 cm³/mol. The van der Waals surface area contributed by atoms with E-state index in [4.69, 9.17) is 24.4 Å². The molecule has 0 unspecified atom stereocenters. The summed E-state index contributed by atoms with van der Waals surface area (Å²) in [5.74, 6) is 2.49. The standard InChI is InChI=1S/C42H28N6O/c1-3-14-27(4-2)38-43-39(28-15-7-5-8-16-28)45-40(44-38)31-18-13-17-29(25-31)30-23-24-34-35(26-30)47(32-19-9-6-10-20-32)42-46-41-37(48(34)42)33-21-11-12-22-36(33)49-41/h3-26H,1-2H2/b27-14+. The number of nitrogens with zero attached hydrogens (tertiary/aromatic N) is 6. The first-order valence-electron chi connectivity index (χ1n) is 16.0. The third-order valence-electron chi connectivity index (χ3n) is 8.75. The summed E-state index contributed by atoms with van der Waals surface area (Å²) in [6.07, 6.45) is 5.30. The lowest BCUT2D eigenvalue weighted by atomic mass is 10.0. The van der Waals surface area contributed by atoms with Crippen LogP contribution in [0.3, 0.4) is 0 Å². The fourth-order valence-electron chi connectivity index (χ4n) is 6.49. The second-order valence-corrected chi connectivity index (χ2v) is 11.7. The Bertz CT molecular complexity index is 2750. The van der Waals surface area contributed by atoms with Crippen LogP contribution in [0.1, 0.15) is 5.82 Å². The van der Waals surface area contributed by atoms with E-state index >= 15 is 0 Å². The molecule has 0 aliphatic carbocycles. The first kappa shape index (κ1) is 28.4. The predicted octanol–water partition coefficient (Wildman–Crippen LogP) is 10.1. The summed E-state index contributed by atoms with van der Waals surface area (Å²) < 4.78 is 10.6. The highest BCUT2D eigenvalue weighted by molar-refractivity contribution is 6.06. The van der Waals surface area contributed by atoms with E-state index in [2.05, 4.69) is 70.7 Å². The number of allylic oxidation sites excluding steroid dienone is 4. The summed E-state index contributed by atoms with van der Waals surface area (Å²) in [6.45, 7) is 7.83. The molecule has 7 nitrogen and oxygen atoms in total. The number of furan rings is 1. The number of fused-ring (bicyclic) bond motifs is 7. The molecule has 7 heteroatoms. The molecule has 0 radical (unpaired) electrons. The zero-order valence-corrected chi connectivity index (χ0v) is 26.4. The van der Waals surface area contributed by atoms with E-state index in [9.17, 15) is 0 Å². The highest BCUT2D eigenvalue weighted by Gasteiger charge is 2.22. The largest absolute Gasteiger partial charge is 0.436 e. The van der Waals surface area contributed by atoms with Gasteiger partial charge in [0.25, 0.3) is 0 Å². The Morgan fingerprint density at radius 2 is 1.31 bits per heavy atom. The molecule has 4 aromatic heterocycles. The highest BCUT2D eigenvalue weighted by atomic mass is 16.3. The van der Waals surface area contributed by atoms with Gasteiger partial charge in [-0.2, -0.15) is 4.98 Å². The van der Waals surface area contributed by atoms with Crippen LogP contribution in [0.25, 0.3) is 84.2 Å². The number of imidazole rings is 2. The van der Waals surface area contributed by atoms with Crippen molar-refractivity contribution in [3.63, 3.8) is 0 Å². The van der Waals surface area contributed by atoms with Crippen LogP contribution in [-0.2, 0) is 0 Å². The molecule has 0 aliphatic heterocycles. The van der Waals surface area contributed by atoms with Gasteiger partial charge in [-0.15, -0.1) is 0 Å². The van der Waals surface area contributed by atoms with Gasteiger partial charge >= 0.3 is 0 Å². The Morgan fingerprint density at radius 3 is 2.10 bits per heavy atom. The molecule has 0 atom stereocenters. The minimum absolute atomic E-state index is 0.535. The number of para-hydroxylation sites is 2. The maximum atomic E-state index is 6.19. The average molecular weight is 633 g/mol. The maximum Gasteiger partial charge on any atom is 0.248 e. The Morgan fingerprint density at radius 1 is 0.612 bits per heavy atom. The number of rotatable bonds is 7. The highest BCUT2D eigenvalue weighted by Crippen LogP contribution is 2.37. The molecule has 232 valence electrons. The quantitative estimate of drug-likeness (QED) is 0.164. The maximum absolute atomic E-state index is 6.19. The first-order valence-corrected chi connectivity index (χ1v) is 16.0. The summed E-state index contributed by atoms with van der Waals surface area (Å²) in [7, 11) is 0. The Hall–Kier alpha value is -6.86. The molecule has 9 aromatic rings. The molecule has 0 bridgehead atoms. The molecule has 0 spiro atoms. The van der Waals surface area contributed by atoms with Crippen molar-refractivity contribution in [2.45, 2.75) is 0 Å². The van der Waals surface area contributed by atoms with Crippen LogP contribution in [-0.4, -0.2) is 28.9 Å². The Labute approximate surface area is 281 Å². The van der Waals surface area contributed by atoms with E-state index in [-0.39, 0.29) is 0 Å². The average Bonchev–Trinajstić information content (AvgIpc) is 3.80. The zero-order chi connectivity index (χ0) is 32.9. The zero-order valence-electron chi connectivity index (χ0n) is 26.4. The molecule has 0 N–H and O–H groups in total. The molecule has 0 fully saturated rings. The van der Waals surface area contributed by atoms with Crippen molar-refractivity contribution in [3.05, 3.63) is 165 Å². The monoisotopic (exact) mass is 632 g/mol. The van der Waals surface area contributed by atoms with Gasteiger partial charge in [0.05, 0.1) is 11.0 Å². The minimum Gasteiger partial charge on any atom is -0.436 e. The normalized spacial score (nSPS) is 12.0. The van der Waals surface area contributed by atoms with Gasteiger partial charge in [0.2, 0.25) is 11.5 Å². The van der Waals surface area contributed by atoms with Gasteiger partial charge in [0.1, 0.15) is 11.1 Å². The van der Waals surface area contributed by atoms with Crippen molar-refractivity contribution in [1.29, 1.82) is 0 Å². The lowest BCUT2D eigenvalue weighted by molar-refractivity contribution is 0.656. The molecule has 9 rings (SSSR count). The van der Waals surface area contributed by atoms with E-state index in [0.29, 0.717) is 23.2 Å². The SMILES string of the molecule is C=C/C=C(\C=C)c1nc(-c2ccccc2)nc(-c2cccc(-c3ccc4c(c3)n(-c3ccccc3)c3nc5oc6ccccc6c5n43)c2)n1. The van der Waals surface area contributed by atoms with Gasteiger partial charge in [0.15, 0.2) is 17.5 Å². The number of benzene rings is 5. The molecular weight excluding hydrogens is 605 g/mol. The van der Waals surface area contributed by atoms with Crippen LogP contribution in [0.4, 0.5) is 0 Å². The van der Waals surface area contributed by atoms with Gasteiger partial charge in [-0.1, -0.05) is 116 Å². The Balaban J connectivity index is 1.23. The molecule has 0 saturated carbocycles. The van der Waals surface area contributed by atoms with E-state index in [1.165, 1.54) is 0 Å². The molecule has 49 heavy (non-hydrogen) atoms. The molecule has 0 amide bonds. The van der Waals surface area contributed by atoms with E-state index < -0.39 is 0 Å². The summed E-state index contributed by atoms with van der Waals surface area (Å²) in [5.41, 5.74) is 10.1. The van der Waals surface area contributed by atoms with Gasteiger partial charge in [-0.05, 0) is 53.6 Å². The van der Waals surface area contributed by atoms with Crippen molar-refractivity contribution in [1.82, 2.24) is 28.9 Å². The summed E-state index contributed by atoms with van der Waals surface area (Å²) >= 11 is 0. The van der Waals surface area contributed by atoms with Crippen LogP contribution in [0.15, 0.2) is 163 Å². The fourth-order valence-corrected chi connectivity index (χ4v) is 6.49. The number of hydrogen-bond donors (Lipinski definition) is 0. The van der Waals surface area contributed by atoms with Crippen molar-refractivity contribution >= 4 is 44.6 Å². The van der Waals surface area contributed by atoms with Crippen molar-refractivity contribution in [2.75, 3.05) is 0 Å². The van der Waals surface area contributed by atoms with Crippen LogP contribution in [0.2, 0.25) is 0 Å². The lowest BCUT2D eigenvalue weighted by Gasteiger charge is -2.10. The second-order valence-electron chi connectivity index (χ2n) is 11.7. The van der Waals surface area contributed by atoms with Crippen LogP contribution in [0, 0.1) is 0 Å². The summed E-state index contributed by atoms with van der Waals surface area (Å²) in [4.78, 5) is 19.6. The van der Waals surface area contributed by atoms with Gasteiger partial charge in [-0.3, -0.25) is 8.97 Å². The number of hydrogen-bond acceptors (Lipinski definition) is 5. The van der Waals surface area contributed by atoms with E-state index in [1.54, 1.807) is 12.2 Å². The summed E-state index contributed by atoms with van der Waals surface area (Å²) in [5, 5.41) is 1.03. The van der Waals surface area contributed by atoms with Gasteiger partial charge in [0, 0.05) is 27.8 Å². The molecule has 5 aromatic carbocycles. The van der Waals surface area contributed by atoms with Crippen molar-refractivity contribution in [3.8, 4) is 39.6 Å².